The quantitative estimate of drug-likeness (QED) is 0.915. The molecule has 0 unspecified atom stereocenters. The van der Waals surface area contributed by atoms with Gasteiger partial charge in [-0.3, -0.25) is 10.1 Å². The minimum Gasteiger partial charge on any atom is -0.497 e. The molecule has 5 nitrogen and oxygen atoms in total. The molecule has 2 rings (SSSR count). The lowest BCUT2D eigenvalue weighted by Crippen LogP contribution is -2.53. The van der Waals surface area contributed by atoms with Crippen LogP contribution in [0.2, 0.25) is 0 Å². The van der Waals surface area contributed by atoms with Crippen LogP contribution in [0.1, 0.15) is 25.3 Å². The number of piperidine rings is 1. The Bertz CT molecular complexity index is 525. The van der Waals surface area contributed by atoms with Crippen LogP contribution in [0, 0.1) is 11.3 Å². The van der Waals surface area contributed by atoms with Gasteiger partial charge in [-0.2, -0.15) is 5.26 Å². The summed E-state index contributed by atoms with van der Waals surface area (Å²) in [5.74, 6) is 0.903. The number of carbonyl (C=O) groups is 1. The molecule has 0 radical (unpaired) electrons. The van der Waals surface area contributed by atoms with Crippen molar-refractivity contribution in [1.82, 2.24) is 10.2 Å². The molecule has 0 aliphatic carbocycles. The van der Waals surface area contributed by atoms with Crippen LogP contribution >= 0.6 is 0 Å². The van der Waals surface area contributed by atoms with Crippen molar-refractivity contribution in [2.75, 3.05) is 20.2 Å². The molecule has 1 aliphatic heterocycles. The fourth-order valence-corrected chi connectivity index (χ4v) is 2.55. The molecule has 5 heteroatoms. The van der Waals surface area contributed by atoms with Crippen molar-refractivity contribution in [3.8, 4) is 11.8 Å². The van der Waals surface area contributed by atoms with Gasteiger partial charge in [0.05, 0.1) is 13.2 Å². The molecule has 1 aromatic rings. The fourth-order valence-electron chi connectivity index (χ4n) is 2.55. The van der Waals surface area contributed by atoms with E-state index in [0.29, 0.717) is 32.5 Å². The molecule has 1 N–H and O–H groups in total. The van der Waals surface area contributed by atoms with Crippen molar-refractivity contribution < 1.29 is 9.53 Å². The topological polar surface area (TPSA) is 65.4 Å². The van der Waals surface area contributed by atoms with E-state index in [1.54, 1.807) is 18.9 Å². The third kappa shape index (κ3) is 3.73. The Morgan fingerprint density at radius 2 is 2.00 bits per heavy atom. The number of nitriles is 1. The van der Waals surface area contributed by atoms with Crippen LogP contribution in [0.25, 0.3) is 0 Å². The number of carbonyl (C=O) groups excluding carboxylic acids is 1. The van der Waals surface area contributed by atoms with Crippen LogP contribution in [-0.2, 0) is 11.3 Å². The van der Waals surface area contributed by atoms with E-state index < -0.39 is 5.54 Å². The monoisotopic (exact) mass is 287 g/mol. The number of rotatable bonds is 4. The number of nitrogens with one attached hydrogen (secondary N) is 1. The highest BCUT2D eigenvalue weighted by molar-refractivity contribution is 5.73. The van der Waals surface area contributed by atoms with Crippen LogP contribution in [0.15, 0.2) is 24.3 Å². The van der Waals surface area contributed by atoms with Crippen LogP contribution in [0.3, 0.4) is 0 Å². The predicted octanol–water partition coefficient (Wildman–Crippen LogP) is 1.69. The van der Waals surface area contributed by atoms with E-state index in [2.05, 4.69) is 11.4 Å². The maximum Gasteiger partial charge on any atom is 0.219 e. The lowest BCUT2D eigenvalue weighted by atomic mass is 9.88. The first-order valence-electron chi connectivity index (χ1n) is 7.13. The first-order chi connectivity index (χ1) is 10.1. The summed E-state index contributed by atoms with van der Waals surface area (Å²) in [6, 6.07) is 10.2. The van der Waals surface area contributed by atoms with Crippen LogP contribution in [0.5, 0.6) is 5.75 Å². The van der Waals surface area contributed by atoms with E-state index in [1.807, 2.05) is 24.3 Å². The normalized spacial score (nSPS) is 17.1. The molecule has 0 atom stereocenters. The van der Waals surface area contributed by atoms with E-state index in [0.717, 1.165) is 11.3 Å². The van der Waals surface area contributed by atoms with E-state index >= 15 is 0 Å². The lowest BCUT2D eigenvalue weighted by Gasteiger charge is -2.37. The van der Waals surface area contributed by atoms with Gasteiger partial charge in [-0.05, 0) is 30.5 Å². The number of nitrogens with zero attached hydrogens (tertiary/aromatic N) is 2. The summed E-state index contributed by atoms with van der Waals surface area (Å²) < 4.78 is 5.13. The molecule has 1 fully saturated rings. The summed E-state index contributed by atoms with van der Waals surface area (Å²) in [5, 5.41) is 12.8. The molecule has 0 saturated carbocycles. The third-order valence-corrected chi connectivity index (χ3v) is 4.07. The summed E-state index contributed by atoms with van der Waals surface area (Å²) in [4.78, 5) is 13.1. The summed E-state index contributed by atoms with van der Waals surface area (Å²) >= 11 is 0. The average molecular weight is 287 g/mol. The van der Waals surface area contributed by atoms with E-state index in [4.69, 9.17) is 4.74 Å². The molecule has 1 heterocycles. The van der Waals surface area contributed by atoms with Crippen molar-refractivity contribution >= 4 is 5.91 Å². The SMILES string of the molecule is COc1ccc(CNC2(C#N)CCN(C(C)=O)CC2)cc1. The fraction of sp³-hybridized carbons (Fsp3) is 0.500. The van der Waals surface area contributed by atoms with Crippen LogP contribution in [0.4, 0.5) is 0 Å². The highest BCUT2D eigenvalue weighted by Crippen LogP contribution is 2.22. The van der Waals surface area contributed by atoms with Gasteiger partial charge in [0, 0.05) is 26.6 Å². The molecule has 0 aromatic heterocycles. The van der Waals surface area contributed by atoms with Crippen molar-refractivity contribution in [3.63, 3.8) is 0 Å². The van der Waals surface area contributed by atoms with Gasteiger partial charge in [-0.25, -0.2) is 0 Å². The standard InChI is InChI=1S/C16H21N3O2/c1-13(20)19-9-7-16(12-17,8-10-19)18-11-14-3-5-15(21-2)6-4-14/h3-6,18H,7-11H2,1-2H3. The number of ether oxygens (including phenoxy) is 1. The van der Waals surface area contributed by atoms with Gasteiger partial charge in [0.15, 0.2) is 0 Å². The van der Waals surface area contributed by atoms with E-state index in [9.17, 15) is 10.1 Å². The van der Waals surface area contributed by atoms with Crippen molar-refractivity contribution in [2.24, 2.45) is 0 Å². The van der Waals surface area contributed by atoms with Gasteiger partial charge in [0.25, 0.3) is 0 Å². The molecule has 1 aromatic carbocycles. The maximum absolute atomic E-state index is 11.3. The Morgan fingerprint density at radius 3 is 2.48 bits per heavy atom. The van der Waals surface area contributed by atoms with Crippen LogP contribution in [-0.4, -0.2) is 36.5 Å². The Hall–Kier alpha value is -2.06. The molecule has 1 aliphatic rings. The second-order valence-electron chi connectivity index (χ2n) is 5.40. The second kappa shape index (κ2) is 6.59. The zero-order valence-electron chi connectivity index (χ0n) is 12.6. The van der Waals surface area contributed by atoms with Crippen molar-refractivity contribution in [3.05, 3.63) is 29.8 Å². The Balaban J connectivity index is 1.93. The van der Waals surface area contributed by atoms with Gasteiger partial charge in [0.1, 0.15) is 11.3 Å². The third-order valence-electron chi connectivity index (χ3n) is 4.07. The maximum atomic E-state index is 11.3. The van der Waals surface area contributed by atoms with Gasteiger partial charge < -0.3 is 9.64 Å². The molecule has 21 heavy (non-hydrogen) atoms. The van der Waals surface area contributed by atoms with Gasteiger partial charge >= 0.3 is 0 Å². The number of benzene rings is 1. The van der Waals surface area contributed by atoms with Gasteiger partial charge in [-0.1, -0.05) is 12.1 Å². The summed E-state index contributed by atoms with van der Waals surface area (Å²) in [6.07, 6.45) is 1.33. The Labute approximate surface area is 125 Å². The zero-order chi connectivity index (χ0) is 15.3. The number of likely N-dealkylation sites (tertiary alicyclic amines) is 1. The number of hydrogen-bond donors (Lipinski definition) is 1. The summed E-state index contributed by atoms with van der Waals surface area (Å²) in [6.45, 7) is 3.48. The predicted molar refractivity (Wildman–Crippen MR) is 79.7 cm³/mol. The molecule has 1 amide bonds. The summed E-state index contributed by atoms with van der Waals surface area (Å²) in [7, 11) is 1.64. The van der Waals surface area contributed by atoms with E-state index in [1.165, 1.54) is 0 Å². The minimum absolute atomic E-state index is 0.0803. The molecule has 1 saturated heterocycles. The van der Waals surface area contributed by atoms with Gasteiger partial charge in [0.2, 0.25) is 5.91 Å². The van der Waals surface area contributed by atoms with Crippen molar-refractivity contribution in [1.29, 1.82) is 5.26 Å². The summed E-state index contributed by atoms with van der Waals surface area (Å²) in [5.41, 5.74) is 0.575. The highest BCUT2D eigenvalue weighted by Gasteiger charge is 2.34. The second-order valence-corrected chi connectivity index (χ2v) is 5.40. The first kappa shape index (κ1) is 15.3. The highest BCUT2D eigenvalue weighted by atomic mass is 16.5. The molecular weight excluding hydrogens is 266 g/mol. The van der Waals surface area contributed by atoms with Gasteiger partial charge in [-0.15, -0.1) is 0 Å². The first-order valence-corrected chi connectivity index (χ1v) is 7.13. The lowest BCUT2D eigenvalue weighted by molar-refractivity contribution is -0.130. The Morgan fingerprint density at radius 1 is 1.38 bits per heavy atom. The van der Waals surface area contributed by atoms with E-state index in [-0.39, 0.29) is 5.91 Å². The van der Waals surface area contributed by atoms with Crippen molar-refractivity contribution in [2.45, 2.75) is 31.8 Å². The zero-order valence-corrected chi connectivity index (χ0v) is 12.6. The molecule has 0 bridgehead atoms. The average Bonchev–Trinajstić information content (AvgIpc) is 2.53. The van der Waals surface area contributed by atoms with Crippen LogP contribution < -0.4 is 10.1 Å². The smallest absolute Gasteiger partial charge is 0.219 e. The largest absolute Gasteiger partial charge is 0.497 e. The minimum atomic E-state index is -0.536. The Kier molecular flexibility index (Phi) is 4.81. The molecule has 0 spiro atoms. The number of methoxy groups -OCH3 is 1. The molecular formula is C16H21N3O2. The number of hydrogen-bond acceptors (Lipinski definition) is 4. The number of amides is 1. The molecule has 112 valence electrons.